The molecule has 0 aromatic carbocycles. The van der Waals surface area contributed by atoms with Crippen LogP contribution in [0.4, 0.5) is 17.6 Å². The van der Waals surface area contributed by atoms with Crippen LogP contribution in [-0.4, -0.2) is 83.5 Å². The van der Waals surface area contributed by atoms with Crippen LogP contribution in [0.5, 0.6) is 0 Å². The largest absolute Gasteiger partial charge is 0.380 e. The standard InChI is InChI=1S/C22H33N9O2/c1-7-33-11-10-31-20-19(16(28-31)13-24-18(32)14-29(3)4)26-22(30(5)6)27-21(20)25-17-12-15(2)8-9-23-17/h8-9,12H,7,10-11,13-14H2,1-6H3,(H,24,32)(H,23,25,26,27). The van der Waals surface area contributed by atoms with Gasteiger partial charge >= 0.3 is 0 Å². The maximum atomic E-state index is 12.2. The molecule has 0 unspecified atom stereocenters. The fourth-order valence-corrected chi connectivity index (χ4v) is 3.25. The number of hydrogen-bond acceptors (Lipinski definition) is 9. The van der Waals surface area contributed by atoms with Crippen molar-refractivity contribution in [2.24, 2.45) is 0 Å². The van der Waals surface area contributed by atoms with Gasteiger partial charge in [-0.25, -0.2) is 9.97 Å². The number of ether oxygens (including phenoxy) is 1. The first kappa shape index (κ1) is 24.3. The van der Waals surface area contributed by atoms with E-state index in [1.54, 1.807) is 6.20 Å². The number of rotatable bonds is 11. The molecular weight excluding hydrogens is 422 g/mol. The Balaban J connectivity index is 2.06. The number of aryl methyl sites for hydroxylation is 1. The molecule has 0 saturated carbocycles. The fourth-order valence-electron chi connectivity index (χ4n) is 3.25. The molecule has 0 aliphatic rings. The molecule has 0 bridgehead atoms. The summed E-state index contributed by atoms with van der Waals surface area (Å²) in [6.07, 6.45) is 1.75. The van der Waals surface area contributed by atoms with E-state index in [-0.39, 0.29) is 12.5 Å². The van der Waals surface area contributed by atoms with Crippen LogP contribution in [0.3, 0.4) is 0 Å². The molecule has 0 radical (unpaired) electrons. The summed E-state index contributed by atoms with van der Waals surface area (Å²) in [5.41, 5.74) is 3.16. The van der Waals surface area contributed by atoms with Crippen LogP contribution < -0.4 is 15.5 Å². The van der Waals surface area contributed by atoms with Crippen molar-refractivity contribution >= 4 is 34.5 Å². The molecule has 0 aliphatic heterocycles. The zero-order chi connectivity index (χ0) is 24.0. The van der Waals surface area contributed by atoms with Gasteiger partial charge in [0.2, 0.25) is 11.9 Å². The summed E-state index contributed by atoms with van der Waals surface area (Å²) in [5.74, 6) is 1.72. The summed E-state index contributed by atoms with van der Waals surface area (Å²) in [4.78, 5) is 29.8. The Morgan fingerprint density at radius 2 is 2.00 bits per heavy atom. The first-order chi connectivity index (χ1) is 15.8. The average molecular weight is 456 g/mol. The minimum absolute atomic E-state index is 0.0822. The van der Waals surface area contributed by atoms with Crippen molar-refractivity contribution in [3.8, 4) is 0 Å². The number of carbonyl (C=O) groups is 1. The summed E-state index contributed by atoms with van der Waals surface area (Å²) >= 11 is 0. The topological polar surface area (TPSA) is 113 Å². The first-order valence-corrected chi connectivity index (χ1v) is 10.9. The van der Waals surface area contributed by atoms with Gasteiger partial charge in [0.25, 0.3) is 0 Å². The number of nitrogens with zero attached hydrogens (tertiary/aromatic N) is 7. The van der Waals surface area contributed by atoms with E-state index in [2.05, 4.69) is 15.6 Å². The van der Waals surface area contributed by atoms with Crippen LogP contribution in [0.2, 0.25) is 0 Å². The molecule has 3 aromatic rings. The van der Waals surface area contributed by atoms with Gasteiger partial charge in [0.15, 0.2) is 5.82 Å². The lowest BCUT2D eigenvalue weighted by molar-refractivity contribution is -0.121. The second kappa shape index (κ2) is 11.0. The molecule has 0 saturated heterocycles. The fraction of sp³-hybridized carbons (Fsp3) is 0.500. The van der Waals surface area contributed by atoms with Crippen LogP contribution in [0.1, 0.15) is 18.2 Å². The van der Waals surface area contributed by atoms with Gasteiger partial charge in [-0.3, -0.25) is 9.48 Å². The van der Waals surface area contributed by atoms with Crippen LogP contribution in [0.15, 0.2) is 18.3 Å². The number of fused-ring (bicyclic) bond motifs is 1. The normalized spacial score (nSPS) is 11.2. The maximum Gasteiger partial charge on any atom is 0.234 e. The van der Waals surface area contributed by atoms with Crippen molar-refractivity contribution in [1.29, 1.82) is 0 Å². The van der Waals surface area contributed by atoms with E-state index in [1.807, 2.05) is 68.7 Å². The summed E-state index contributed by atoms with van der Waals surface area (Å²) < 4.78 is 7.38. The van der Waals surface area contributed by atoms with Crippen LogP contribution in [0, 0.1) is 6.92 Å². The number of likely N-dealkylation sites (N-methyl/N-ethyl adjacent to an activating group) is 1. The van der Waals surface area contributed by atoms with E-state index in [9.17, 15) is 4.79 Å². The van der Waals surface area contributed by atoms with Crippen molar-refractivity contribution in [3.05, 3.63) is 29.6 Å². The number of aromatic nitrogens is 5. The molecule has 3 heterocycles. The second-order valence-corrected chi connectivity index (χ2v) is 8.19. The van der Waals surface area contributed by atoms with Gasteiger partial charge in [-0.1, -0.05) is 0 Å². The molecule has 0 spiro atoms. The smallest absolute Gasteiger partial charge is 0.234 e. The molecule has 11 nitrogen and oxygen atoms in total. The van der Waals surface area contributed by atoms with Crippen LogP contribution in [-0.2, 0) is 22.6 Å². The van der Waals surface area contributed by atoms with Crippen molar-refractivity contribution < 1.29 is 9.53 Å². The molecule has 178 valence electrons. The van der Waals surface area contributed by atoms with E-state index in [0.717, 1.165) is 11.1 Å². The monoisotopic (exact) mass is 455 g/mol. The molecule has 1 amide bonds. The van der Waals surface area contributed by atoms with Gasteiger partial charge in [0.1, 0.15) is 22.5 Å². The predicted molar refractivity (Wildman–Crippen MR) is 129 cm³/mol. The number of carbonyl (C=O) groups excluding carboxylic acids is 1. The third-order valence-electron chi connectivity index (χ3n) is 4.77. The lowest BCUT2D eigenvalue weighted by atomic mass is 10.3. The molecule has 11 heteroatoms. The minimum Gasteiger partial charge on any atom is -0.380 e. The van der Waals surface area contributed by atoms with Gasteiger partial charge < -0.3 is 25.2 Å². The van der Waals surface area contributed by atoms with Crippen molar-refractivity contribution in [2.45, 2.75) is 26.9 Å². The summed E-state index contributed by atoms with van der Waals surface area (Å²) in [6, 6.07) is 3.89. The minimum atomic E-state index is -0.0822. The van der Waals surface area contributed by atoms with E-state index in [0.29, 0.717) is 55.1 Å². The lowest BCUT2D eigenvalue weighted by Crippen LogP contribution is -2.33. The molecule has 3 aromatic heterocycles. The van der Waals surface area contributed by atoms with Gasteiger partial charge in [0.05, 0.1) is 26.2 Å². The predicted octanol–water partition coefficient (Wildman–Crippen LogP) is 1.55. The highest BCUT2D eigenvalue weighted by molar-refractivity contribution is 5.90. The lowest BCUT2D eigenvalue weighted by Gasteiger charge is -2.14. The second-order valence-electron chi connectivity index (χ2n) is 8.19. The SMILES string of the molecule is CCOCCn1nc(CNC(=O)CN(C)C)c2nc(N(C)C)nc(Nc3cc(C)ccn3)c21. The van der Waals surface area contributed by atoms with Gasteiger partial charge in [-0.15, -0.1) is 0 Å². The highest BCUT2D eigenvalue weighted by Gasteiger charge is 2.20. The maximum absolute atomic E-state index is 12.2. The van der Waals surface area contributed by atoms with Gasteiger partial charge in [-0.05, 0) is 45.6 Å². The number of pyridine rings is 1. The Kier molecular flexibility index (Phi) is 8.12. The van der Waals surface area contributed by atoms with Gasteiger partial charge in [0, 0.05) is 26.9 Å². The van der Waals surface area contributed by atoms with E-state index in [4.69, 9.17) is 19.8 Å². The molecule has 2 N–H and O–H groups in total. The number of anilines is 3. The van der Waals surface area contributed by atoms with Gasteiger partial charge in [-0.2, -0.15) is 10.1 Å². The molecule has 3 rings (SSSR count). The van der Waals surface area contributed by atoms with E-state index < -0.39 is 0 Å². The molecular formula is C22H33N9O2. The third-order valence-corrected chi connectivity index (χ3v) is 4.77. The summed E-state index contributed by atoms with van der Waals surface area (Å²) in [5, 5.41) is 11.0. The Bertz CT molecular complexity index is 1090. The quantitative estimate of drug-likeness (QED) is 0.416. The van der Waals surface area contributed by atoms with Crippen molar-refractivity contribution in [2.75, 3.05) is 58.2 Å². The molecule has 0 atom stereocenters. The summed E-state index contributed by atoms with van der Waals surface area (Å²) in [6.45, 7) is 6.16. The number of amides is 1. The zero-order valence-electron chi connectivity index (χ0n) is 20.2. The zero-order valence-corrected chi connectivity index (χ0v) is 20.2. The highest BCUT2D eigenvalue weighted by Crippen LogP contribution is 2.28. The first-order valence-electron chi connectivity index (χ1n) is 10.9. The Labute approximate surface area is 194 Å². The Morgan fingerprint density at radius 1 is 1.21 bits per heavy atom. The van der Waals surface area contributed by atoms with Crippen LogP contribution >= 0.6 is 0 Å². The summed E-state index contributed by atoms with van der Waals surface area (Å²) in [7, 11) is 7.47. The molecule has 0 fully saturated rings. The Morgan fingerprint density at radius 3 is 2.67 bits per heavy atom. The van der Waals surface area contributed by atoms with Crippen molar-refractivity contribution in [1.82, 2.24) is 34.9 Å². The highest BCUT2D eigenvalue weighted by atomic mass is 16.5. The number of nitrogens with one attached hydrogen (secondary N) is 2. The number of hydrogen-bond donors (Lipinski definition) is 2. The van der Waals surface area contributed by atoms with Crippen molar-refractivity contribution in [3.63, 3.8) is 0 Å². The molecule has 0 aliphatic carbocycles. The average Bonchev–Trinajstić information content (AvgIpc) is 3.10. The van der Waals surface area contributed by atoms with Crippen LogP contribution in [0.25, 0.3) is 11.0 Å². The van der Waals surface area contributed by atoms with E-state index >= 15 is 0 Å². The molecule has 33 heavy (non-hydrogen) atoms. The third kappa shape index (κ3) is 6.36. The van der Waals surface area contributed by atoms with E-state index in [1.165, 1.54) is 0 Å². The Hall–Kier alpha value is -3.31.